The zero-order valence-corrected chi connectivity index (χ0v) is 21.2. The van der Waals surface area contributed by atoms with E-state index in [-0.39, 0.29) is 17.0 Å². The fourth-order valence-electron chi connectivity index (χ4n) is 3.85. The number of nitrogen functional groups attached to an aromatic ring is 1. The topological polar surface area (TPSA) is 240 Å². The highest BCUT2D eigenvalue weighted by molar-refractivity contribution is 7.92. The van der Waals surface area contributed by atoms with Gasteiger partial charge in [-0.1, -0.05) is 35.6 Å². The summed E-state index contributed by atoms with van der Waals surface area (Å²) in [6.07, 6.45) is 0.451. The van der Waals surface area contributed by atoms with Gasteiger partial charge in [0.15, 0.2) is 11.3 Å². The fourth-order valence-corrected chi connectivity index (χ4v) is 7.34. The van der Waals surface area contributed by atoms with Crippen molar-refractivity contribution in [2.24, 2.45) is 5.14 Å². The molecule has 0 unspecified atom stereocenters. The summed E-state index contributed by atoms with van der Waals surface area (Å²) in [7, 11) is -9.18. The third-order valence-corrected chi connectivity index (χ3v) is 8.82. The lowest BCUT2D eigenvalue weighted by Gasteiger charge is -2.17. The van der Waals surface area contributed by atoms with E-state index in [0.29, 0.717) is 21.9 Å². The van der Waals surface area contributed by atoms with Crippen molar-refractivity contribution in [3.63, 3.8) is 0 Å². The first-order chi connectivity index (χ1) is 17.6. The molecule has 5 aromatic rings. The van der Waals surface area contributed by atoms with E-state index in [2.05, 4.69) is 41.0 Å². The van der Waals surface area contributed by atoms with Crippen LogP contribution in [0.1, 0.15) is 11.9 Å². The number of nitrogens with one attached hydrogen (secondary N) is 2. The largest absolute Gasteiger partial charge is 0.375 e. The first-order valence-electron chi connectivity index (χ1n) is 10.4. The summed E-state index contributed by atoms with van der Waals surface area (Å²) in [6.45, 7) is 0. The number of thiazole rings is 1. The van der Waals surface area contributed by atoms with Crippen LogP contribution in [0.15, 0.2) is 64.5 Å². The Morgan fingerprint density at radius 3 is 2.51 bits per heavy atom. The molecule has 3 heterocycles. The van der Waals surface area contributed by atoms with Crippen LogP contribution in [-0.2, 0) is 20.0 Å². The summed E-state index contributed by atoms with van der Waals surface area (Å²) in [5.41, 5.74) is 11.1. The van der Waals surface area contributed by atoms with E-state index in [1.54, 1.807) is 36.4 Å². The number of anilines is 1. The van der Waals surface area contributed by atoms with Crippen molar-refractivity contribution < 1.29 is 22.6 Å². The van der Waals surface area contributed by atoms with Gasteiger partial charge in [-0.05, 0) is 35.0 Å². The third-order valence-electron chi connectivity index (χ3n) is 5.33. The molecule has 17 heteroatoms. The molecule has 3 aromatic heterocycles. The van der Waals surface area contributed by atoms with Crippen molar-refractivity contribution in [1.82, 2.24) is 35.3 Å². The number of fused-ring (bicyclic) bond motifs is 1. The Balaban J connectivity index is 1.78. The van der Waals surface area contributed by atoms with Crippen molar-refractivity contribution in [2.45, 2.75) is 16.0 Å². The quantitative estimate of drug-likeness (QED) is 0.167. The van der Waals surface area contributed by atoms with E-state index in [1.165, 1.54) is 23.6 Å². The molecule has 9 N–H and O–H groups in total. The molecule has 14 nitrogen and oxygen atoms in total. The number of sulfonamides is 2. The molecule has 0 bridgehead atoms. The number of aromatic nitrogens is 6. The number of rotatable bonds is 7. The van der Waals surface area contributed by atoms with Gasteiger partial charge in [0, 0.05) is 11.8 Å². The number of hydrogen-bond donors (Lipinski definition) is 5. The number of quaternary nitrogens is 1. The van der Waals surface area contributed by atoms with E-state index < -0.39 is 36.0 Å². The van der Waals surface area contributed by atoms with Gasteiger partial charge in [-0.2, -0.15) is 9.94 Å². The van der Waals surface area contributed by atoms with Crippen LogP contribution in [0.5, 0.6) is 0 Å². The maximum Gasteiger partial charge on any atom is 0.246 e. The molecule has 0 saturated heterocycles. The van der Waals surface area contributed by atoms with E-state index in [4.69, 9.17) is 10.9 Å². The molecule has 0 saturated carbocycles. The highest BCUT2D eigenvalue weighted by Gasteiger charge is 2.34. The minimum absolute atomic E-state index is 0.170. The van der Waals surface area contributed by atoms with E-state index in [0.717, 1.165) is 10.8 Å². The second kappa shape index (κ2) is 9.21. The Morgan fingerprint density at radius 2 is 1.84 bits per heavy atom. The minimum Gasteiger partial charge on any atom is -0.375 e. The van der Waals surface area contributed by atoms with Gasteiger partial charge < -0.3 is 11.5 Å². The number of hydrogen-bond acceptors (Lipinski definition) is 11. The lowest BCUT2D eigenvalue weighted by molar-refractivity contribution is -0.431. The second-order valence-corrected chi connectivity index (χ2v) is 12.0. The van der Waals surface area contributed by atoms with Crippen LogP contribution in [0.4, 0.5) is 5.13 Å². The Hall–Kier alpha value is -3.87. The second-order valence-electron chi connectivity index (χ2n) is 7.73. The van der Waals surface area contributed by atoms with E-state index in [9.17, 15) is 16.8 Å². The van der Waals surface area contributed by atoms with Crippen LogP contribution >= 0.6 is 11.3 Å². The molecule has 0 aliphatic heterocycles. The number of aromatic amines is 1. The van der Waals surface area contributed by atoms with Crippen LogP contribution < -0.4 is 21.3 Å². The van der Waals surface area contributed by atoms with Crippen molar-refractivity contribution in [2.75, 3.05) is 5.73 Å². The predicted octanol–water partition coefficient (Wildman–Crippen LogP) is -0.0130. The SMILES string of the molecule is Nc1nc2c(-c3ccc(S(=O)(=O)N[C@@H]([NH3+])c4ccccn4)c(S(N)(=O)=O)c3-c3nn[nH]n3)cccc2s1. The summed E-state index contributed by atoms with van der Waals surface area (Å²) in [5.74, 6) is -0.188. The van der Waals surface area contributed by atoms with Crippen LogP contribution in [0, 0.1) is 0 Å². The molecule has 0 aliphatic carbocycles. The third kappa shape index (κ3) is 4.66. The van der Waals surface area contributed by atoms with Crippen molar-refractivity contribution >= 4 is 46.7 Å². The van der Waals surface area contributed by atoms with Crippen LogP contribution in [-0.4, -0.2) is 47.4 Å². The number of H-pyrrole nitrogens is 1. The minimum atomic E-state index is -4.67. The molecule has 190 valence electrons. The summed E-state index contributed by atoms with van der Waals surface area (Å²) in [5, 5.41) is 19.5. The number of para-hydroxylation sites is 1. The smallest absolute Gasteiger partial charge is 0.246 e. The molecule has 1 atom stereocenters. The van der Waals surface area contributed by atoms with Gasteiger partial charge in [-0.15, -0.1) is 10.2 Å². The molecule has 0 amide bonds. The summed E-state index contributed by atoms with van der Waals surface area (Å²) in [4.78, 5) is 7.11. The Kier molecular flexibility index (Phi) is 6.18. The van der Waals surface area contributed by atoms with Gasteiger partial charge in [0.25, 0.3) is 0 Å². The lowest BCUT2D eigenvalue weighted by Crippen LogP contribution is -2.61. The lowest BCUT2D eigenvalue weighted by atomic mass is 9.98. The zero-order chi connectivity index (χ0) is 26.4. The predicted molar refractivity (Wildman–Crippen MR) is 134 cm³/mol. The number of pyridine rings is 1. The van der Waals surface area contributed by atoms with Gasteiger partial charge in [-0.25, -0.2) is 27.0 Å². The van der Waals surface area contributed by atoms with Crippen molar-refractivity contribution in [3.05, 3.63) is 60.4 Å². The normalized spacial score (nSPS) is 13.1. The van der Waals surface area contributed by atoms with Crippen LogP contribution in [0.3, 0.4) is 0 Å². The molecular weight excluding hydrogens is 540 g/mol. The molecule has 5 rings (SSSR count). The molecule has 0 spiro atoms. The summed E-state index contributed by atoms with van der Waals surface area (Å²) >= 11 is 1.24. The average molecular weight is 560 g/mol. The zero-order valence-electron chi connectivity index (χ0n) is 18.7. The summed E-state index contributed by atoms with van der Waals surface area (Å²) in [6, 6.07) is 12.7. The monoisotopic (exact) mass is 559 g/mol. The number of primary sulfonamides is 1. The molecule has 0 aliphatic rings. The van der Waals surface area contributed by atoms with Gasteiger partial charge in [0.2, 0.25) is 25.9 Å². The first kappa shape index (κ1) is 24.8. The van der Waals surface area contributed by atoms with E-state index >= 15 is 0 Å². The highest BCUT2D eigenvalue weighted by atomic mass is 32.2. The van der Waals surface area contributed by atoms with Gasteiger partial charge in [0.05, 0.1) is 15.8 Å². The van der Waals surface area contributed by atoms with Gasteiger partial charge in [0.1, 0.15) is 15.5 Å². The van der Waals surface area contributed by atoms with Crippen molar-refractivity contribution in [1.29, 1.82) is 0 Å². The average Bonchev–Trinajstić information content (AvgIpc) is 3.52. The van der Waals surface area contributed by atoms with E-state index in [1.807, 2.05) is 0 Å². The molecule has 37 heavy (non-hydrogen) atoms. The Bertz CT molecular complexity index is 1820. The van der Waals surface area contributed by atoms with Crippen molar-refractivity contribution in [3.8, 4) is 22.5 Å². The molecule has 2 aromatic carbocycles. The maximum absolute atomic E-state index is 13.5. The Labute approximate surface area is 214 Å². The van der Waals surface area contributed by atoms with Crippen LogP contribution in [0.2, 0.25) is 0 Å². The first-order valence-corrected chi connectivity index (χ1v) is 14.3. The van der Waals surface area contributed by atoms with Gasteiger partial charge in [-0.3, -0.25) is 4.98 Å². The summed E-state index contributed by atoms with van der Waals surface area (Å²) < 4.78 is 56.0. The molecule has 0 radical (unpaired) electrons. The standard InChI is InChI=1S/C20H18N10O4S3/c21-18(12-5-1-2-9-24-12)28-37(33,34)14-8-7-10(11-4-3-6-13-16(11)25-20(22)35-13)15(17(14)36(23,31)32)19-26-29-30-27-19/h1-9,18,28H,21H2,(H2,22,25)(H2,23,31,32)(H,26,27,29,30)/p+1/t18-/m1/s1. The number of tetrazole rings is 1. The number of benzene rings is 2. The number of nitrogens with two attached hydrogens (primary N) is 2. The maximum atomic E-state index is 13.5. The highest BCUT2D eigenvalue weighted by Crippen LogP contribution is 2.41. The van der Waals surface area contributed by atoms with Crippen LogP contribution in [0.25, 0.3) is 32.7 Å². The van der Waals surface area contributed by atoms with Gasteiger partial charge >= 0.3 is 0 Å². The molecule has 0 fully saturated rings. The fraction of sp³-hybridized carbons (Fsp3) is 0.0500. The Morgan fingerprint density at radius 1 is 1.03 bits per heavy atom. The number of nitrogens with zero attached hydrogens (tertiary/aromatic N) is 5. The molecular formula is C20H19N10O4S3+.